The van der Waals surface area contributed by atoms with Gasteiger partial charge in [0.1, 0.15) is 11.3 Å². The lowest BCUT2D eigenvalue weighted by molar-refractivity contribution is 0.0523. The maximum absolute atomic E-state index is 11.7. The molecule has 1 heterocycles. The fraction of sp³-hybridized carbons (Fsp3) is 0.267. The van der Waals surface area contributed by atoms with Crippen molar-refractivity contribution in [2.24, 2.45) is 0 Å². The number of nitrogens with one attached hydrogen (secondary N) is 1. The third-order valence-corrected chi connectivity index (χ3v) is 2.73. The van der Waals surface area contributed by atoms with Crippen LogP contribution in [0.3, 0.4) is 0 Å². The molecule has 0 aliphatic rings. The summed E-state index contributed by atoms with van der Waals surface area (Å²) in [6.07, 6.45) is 0. The number of ether oxygens (including phenoxy) is 1. The summed E-state index contributed by atoms with van der Waals surface area (Å²) in [4.78, 5) is 20.3. The van der Waals surface area contributed by atoms with Crippen molar-refractivity contribution < 1.29 is 14.6 Å². The van der Waals surface area contributed by atoms with Crippen LogP contribution in [-0.2, 0) is 4.74 Å². The maximum Gasteiger partial charge on any atom is 0.341 e. The molecule has 0 amide bonds. The number of carbonyl (C=O) groups is 1. The van der Waals surface area contributed by atoms with E-state index in [1.54, 1.807) is 13.0 Å². The summed E-state index contributed by atoms with van der Waals surface area (Å²) in [6, 6.07) is 6.44. The van der Waals surface area contributed by atoms with E-state index < -0.39 is 5.97 Å². The van der Waals surface area contributed by atoms with E-state index in [-0.39, 0.29) is 17.9 Å². The topological polar surface area (TPSA) is 84.3 Å². The van der Waals surface area contributed by atoms with Crippen LogP contribution < -0.4 is 5.32 Å². The molecule has 0 saturated carbocycles. The molecule has 6 heteroatoms. The van der Waals surface area contributed by atoms with Gasteiger partial charge in [0.2, 0.25) is 5.95 Å². The fourth-order valence-corrected chi connectivity index (χ4v) is 1.90. The van der Waals surface area contributed by atoms with Crippen LogP contribution in [0.2, 0.25) is 0 Å². The largest absolute Gasteiger partial charge is 0.507 e. The molecule has 0 aliphatic heterocycles. The monoisotopic (exact) mass is 287 g/mol. The van der Waals surface area contributed by atoms with Gasteiger partial charge in [-0.05, 0) is 45.0 Å². The summed E-state index contributed by atoms with van der Waals surface area (Å²) >= 11 is 0. The van der Waals surface area contributed by atoms with Gasteiger partial charge < -0.3 is 15.2 Å². The van der Waals surface area contributed by atoms with Gasteiger partial charge >= 0.3 is 5.97 Å². The SMILES string of the molecule is CCOC(=O)c1cc(Nc2nc(C)cc(C)n2)ccc1O. The van der Waals surface area contributed by atoms with Crippen LogP contribution in [-0.4, -0.2) is 27.7 Å². The van der Waals surface area contributed by atoms with Crippen molar-refractivity contribution in [2.45, 2.75) is 20.8 Å². The van der Waals surface area contributed by atoms with E-state index in [1.165, 1.54) is 12.1 Å². The molecule has 1 aromatic carbocycles. The molecule has 0 saturated heterocycles. The lowest BCUT2D eigenvalue weighted by Gasteiger charge is -2.09. The Kier molecular flexibility index (Phi) is 4.37. The second-order valence-electron chi connectivity index (χ2n) is 4.55. The first-order chi connectivity index (χ1) is 9.99. The smallest absolute Gasteiger partial charge is 0.341 e. The lowest BCUT2D eigenvalue weighted by Crippen LogP contribution is -2.06. The quantitative estimate of drug-likeness (QED) is 0.664. The molecule has 0 aliphatic carbocycles. The number of hydrogen-bond donors (Lipinski definition) is 2. The lowest BCUT2D eigenvalue weighted by atomic mass is 10.2. The minimum absolute atomic E-state index is 0.103. The van der Waals surface area contributed by atoms with Crippen LogP contribution in [0.15, 0.2) is 24.3 Å². The number of phenols is 1. The van der Waals surface area contributed by atoms with Gasteiger partial charge in [-0.3, -0.25) is 0 Å². The molecule has 6 nitrogen and oxygen atoms in total. The highest BCUT2D eigenvalue weighted by Crippen LogP contribution is 2.24. The molecule has 2 aromatic rings. The zero-order chi connectivity index (χ0) is 15.4. The molecule has 0 radical (unpaired) electrons. The predicted molar refractivity (Wildman–Crippen MR) is 78.9 cm³/mol. The number of hydrogen-bond acceptors (Lipinski definition) is 6. The van der Waals surface area contributed by atoms with Crippen molar-refractivity contribution in [3.05, 3.63) is 41.2 Å². The number of rotatable bonds is 4. The first kappa shape index (κ1) is 14.8. The third-order valence-electron chi connectivity index (χ3n) is 2.73. The Balaban J connectivity index is 2.28. The molecule has 0 fully saturated rings. The highest BCUT2D eigenvalue weighted by Gasteiger charge is 2.13. The maximum atomic E-state index is 11.7. The van der Waals surface area contributed by atoms with Crippen molar-refractivity contribution in [3.8, 4) is 5.75 Å². The number of benzene rings is 1. The molecule has 2 rings (SSSR count). The Morgan fingerprint density at radius 1 is 1.24 bits per heavy atom. The molecular formula is C15H17N3O3. The molecule has 110 valence electrons. The average molecular weight is 287 g/mol. The zero-order valence-corrected chi connectivity index (χ0v) is 12.2. The molecule has 0 bridgehead atoms. The van der Waals surface area contributed by atoms with Crippen molar-refractivity contribution in [2.75, 3.05) is 11.9 Å². The van der Waals surface area contributed by atoms with E-state index in [1.807, 2.05) is 19.9 Å². The first-order valence-corrected chi connectivity index (χ1v) is 6.59. The molecular weight excluding hydrogens is 270 g/mol. The number of aryl methyl sites for hydroxylation is 2. The summed E-state index contributed by atoms with van der Waals surface area (Å²) < 4.78 is 4.89. The van der Waals surface area contributed by atoms with Crippen molar-refractivity contribution in [1.82, 2.24) is 9.97 Å². The number of aromatic nitrogens is 2. The number of nitrogens with zero attached hydrogens (tertiary/aromatic N) is 2. The molecule has 0 atom stereocenters. The van der Waals surface area contributed by atoms with Gasteiger partial charge in [-0.2, -0.15) is 0 Å². The van der Waals surface area contributed by atoms with Gasteiger partial charge in [-0.15, -0.1) is 0 Å². The highest BCUT2D eigenvalue weighted by atomic mass is 16.5. The first-order valence-electron chi connectivity index (χ1n) is 6.59. The van der Waals surface area contributed by atoms with Crippen LogP contribution in [0, 0.1) is 13.8 Å². The van der Waals surface area contributed by atoms with Gasteiger partial charge in [0, 0.05) is 17.1 Å². The van der Waals surface area contributed by atoms with E-state index in [0.717, 1.165) is 11.4 Å². The minimum atomic E-state index is -0.569. The summed E-state index contributed by atoms with van der Waals surface area (Å²) in [5.74, 6) is -0.256. The van der Waals surface area contributed by atoms with E-state index in [0.29, 0.717) is 11.6 Å². The van der Waals surface area contributed by atoms with Gasteiger partial charge in [-0.1, -0.05) is 0 Å². The summed E-state index contributed by atoms with van der Waals surface area (Å²) in [5, 5.41) is 12.7. The van der Waals surface area contributed by atoms with Crippen LogP contribution in [0.5, 0.6) is 5.75 Å². The van der Waals surface area contributed by atoms with Crippen molar-refractivity contribution in [1.29, 1.82) is 0 Å². The normalized spacial score (nSPS) is 10.2. The van der Waals surface area contributed by atoms with Gasteiger partial charge in [-0.25, -0.2) is 14.8 Å². The van der Waals surface area contributed by atoms with Crippen LogP contribution in [0.1, 0.15) is 28.7 Å². The van der Waals surface area contributed by atoms with Crippen molar-refractivity contribution in [3.63, 3.8) is 0 Å². The summed E-state index contributed by atoms with van der Waals surface area (Å²) in [7, 11) is 0. The Hall–Kier alpha value is -2.63. The van der Waals surface area contributed by atoms with Crippen LogP contribution in [0.25, 0.3) is 0 Å². The highest BCUT2D eigenvalue weighted by molar-refractivity contribution is 5.93. The fourth-order valence-electron chi connectivity index (χ4n) is 1.90. The second kappa shape index (κ2) is 6.21. The number of phenolic OH excluding ortho intramolecular Hbond substituents is 1. The van der Waals surface area contributed by atoms with Crippen molar-refractivity contribution >= 4 is 17.6 Å². The van der Waals surface area contributed by atoms with Gasteiger partial charge in [0.15, 0.2) is 0 Å². The Labute approximate surface area is 122 Å². The number of esters is 1. The summed E-state index contributed by atoms with van der Waals surface area (Å²) in [5.41, 5.74) is 2.39. The number of aromatic hydroxyl groups is 1. The Morgan fingerprint density at radius 2 is 1.90 bits per heavy atom. The standard InChI is InChI=1S/C15H17N3O3/c1-4-21-14(20)12-8-11(5-6-13(12)19)18-15-16-9(2)7-10(3)17-15/h5-8,19H,4H2,1-3H3,(H,16,17,18). The molecule has 21 heavy (non-hydrogen) atoms. The van der Waals surface area contributed by atoms with E-state index in [2.05, 4.69) is 15.3 Å². The predicted octanol–water partition coefficient (Wildman–Crippen LogP) is 2.72. The molecule has 1 aromatic heterocycles. The van der Waals surface area contributed by atoms with Crippen LogP contribution >= 0.6 is 0 Å². The third kappa shape index (κ3) is 3.68. The van der Waals surface area contributed by atoms with E-state index in [4.69, 9.17) is 4.74 Å². The van der Waals surface area contributed by atoms with Crippen LogP contribution in [0.4, 0.5) is 11.6 Å². The molecule has 0 unspecified atom stereocenters. The number of anilines is 2. The molecule has 0 spiro atoms. The zero-order valence-electron chi connectivity index (χ0n) is 12.2. The minimum Gasteiger partial charge on any atom is -0.507 e. The molecule has 2 N–H and O–H groups in total. The Morgan fingerprint density at radius 3 is 2.52 bits per heavy atom. The van der Waals surface area contributed by atoms with E-state index in [9.17, 15) is 9.90 Å². The van der Waals surface area contributed by atoms with Gasteiger partial charge in [0.05, 0.1) is 6.61 Å². The Bertz CT molecular complexity index is 651. The number of carbonyl (C=O) groups excluding carboxylic acids is 1. The average Bonchev–Trinajstić information content (AvgIpc) is 2.40. The summed E-state index contributed by atoms with van der Waals surface area (Å²) in [6.45, 7) is 5.71. The van der Waals surface area contributed by atoms with E-state index >= 15 is 0 Å². The van der Waals surface area contributed by atoms with Gasteiger partial charge in [0.25, 0.3) is 0 Å². The second-order valence-corrected chi connectivity index (χ2v) is 4.55.